The first-order valence-electron chi connectivity index (χ1n) is 10.6. The Morgan fingerprint density at radius 1 is 1.06 bits per heavy atom. The van der Waals surface area contributed by atoms with Crippen molar-refractivity contribution >= 4 is 32.9 Å². The van der Waals surface area contributed by atoms with Gasteiger partial charge >= 0.3 is 6.09 Å². The monoisotopic (exact) mass is 485 g/mol. The fourth-order valence-corrected chi connectivity index (χ4v) is 4.62. The molecular weight excluding hydrogens is 462 g/mol. The lowest BCUT2D eigenvalue weighted by Crippen LogP contribution is -2.26. The molecular formula is C23H24BrN3O4. The quantitative estimate of drug-likeness (QED) is 0.514. The van der Waals surface area contributed by atoms with Gasteiger partial charge in [-0.2, -0.15) is 5.10 Å². The number of nitrogens with zero attached hydrogens (tertiary/aromatic N) is 2. The van der Waals surface area contributed by atoms with E-state index in [-0.39, 0.29) is 12.8 Å². The van der Waals surface area contributed by atoms with Crippen molar-refractivity contribution in [2.75, 3.05) is 19.8 Å². The molecule has 1 amide bonds. The zero-order valence-corrected chi connectivity index (χ0v) is 18.7. The number of benzene rings is 2. The summed E-state index contributed by atoms with van der Waals surface area (Å²) in [5, 5.41) is 8.76. The van der Waals surface area contributed by atoms with Crippen molar-refractivity contribution in [3.63, 3.8) is 0 Å². The van der Waals surface area contributed by atoms with Crippen LogP contribution in [0, 0.1) is 0 Å². The fraction of sp³-hybridized carbons (Fsp3) is 0.391. The number of amides is 1. The smallest absolute Gasteiger partial charge is 0.407 e. The summed E-state index contributed by atoms with van der Waals surface area (Å²) in [4.78, 5) is 12.0. The molecule has 3 heterocycles. The number of hydrogen-bond acceptors (Lipinski definition) is 5. The predicted molar refractivity (Wildman–Crippen MR) is 120 cm³/mol. The van der Waals surface area contributed by atoms with Crippen LogP contribution in [0.2, 0.25) is 0 Å². The van der Waals surface area contributed by atoms with Gasteiger partial charge in [-0.25, -0.2) is 9.48 Å². The number of carbonyl (C=O) groups is 1. The van der Waals surface area contributed by atoms with E-state index in [9.17, 15) is 4.79 Å². The molecule has 3 aromatic rings. The molecule has 0 aliphatic carbocycles. The summed E-state index contributed by atoms with van der Waals surface area (Å²) in [6, 6.07) is 12.1. The van der Waals surface area contributed by atoms with Crippen molar-refractivity contribution < 1.29 is 19.0 Å². The number of ether oxygens (including phenoxy) is 3. The lowest BCUT2D eigenvalue weighted by Gasteiger charge is -2.23. The normalized spacial score (nSPS) is 19.8. The molecule has 1 aromatic heterocycles. The molecule has 2 aliphatic rings. The minimum Gasteiger partial charge on any atom is -0.494 e. The van der Waals surface area contributed by atoms with Crippen LogP contribution in [0.1, 0.15) is 37.5 Å². The molecule has 1 fully saturated rings. The number of rotatable bonds is 1. The number of halogens is 1. The van der Waals surface area contributed by atoms with Gasteiger partial charge in [0.15, 0.2) is 6.23 Å². The number of hydrogen-bond donors (Lipinski definition) is 1. The Morgan fingerprint density at radius 3 is 2.87 bits per heavy atom. The maximum absolute atomic E-state index is 12.0. The summed E-state index contributed by atoms with van der Waals surface area (Å²) in [5.41, 5.74) is 3.71. The Bertz CT molecular complexity index is 1110. The summed E-state index contributed by atoms with van der Waals surface area (Å²) >= 11 is 3.59. The van der Waals surface area contributed by atoms with Gasteiger partial charge < -0.3 is 19.5 Å². The summed E-state index contributed by atoms with van der Waals surface area (Å²) < 4.78 is 20.3. The third-order valence-electron chi connectivity index (χ3n) is 5.57. The van der Waals surface area contributed by atoms with Crippen LogP contribution in [0.5, 0.6) is 5.75 Å². The van der Waals surface area contributed by atoms with Gasteiger partial charge in [0.1, 0.15) is 18.1 Å². The molecule has 2 aromatic carbocycles. The lowest BCUT2D eigenvalue weighted by atomic mass is 10.0. The largest absolute Gasteiger partial charge is 0.494 e. The third kappa shape index (κ3) is 4.41. The Morgan fingerprint density at radius 2 is 2.00 bits per heavy atom. The predicted octanol–water partition coefficient (Wildman–Crippen LogP) is 5.17. The first kappa shape index (κ1) is 20.3. The second-order valence-corrected chi connectivity index (χ2v) is 8.76. The first-order valence-corrected chi connectivity index (χ1v) is 11.4. The van der Waals surface area contributed by atoms with Crippen molar-refractivity contribution in [1.82, 2.24) is 15.1 Å². The van der Waals surface area contributed by atoms with Crippen molar-refractivity contribution in [3.8, 4) is 17.0 Å². The molecule has 5 rings (SSSR count). The van der Waals surface area contributed by atoms with Crippen molar-refractivity contribution in [2.45, 2.75) is 38.5 Å². The van der Waals surface area contributed by atoms with Gasteiger partial charge in [-0.1, -0.05) is 15.9 Å². The van der Waals surface area contributed by atoms with E-state index in [1.165, 1.54) is 0 Å². The van der Waals surface area contributed by atoms with E-state index >= 15 is 0 Å². The van der Waals surface area contributed by atoms with Gasteiger partial charge in [0.05, 0.1) is 12.1 Å². The van der Waals surface area contributed by atoms with E-state index in [0.717, 1.165) is 63.8 Å². The number of fused-ring (bicyclic) bond motifs is 4. The Balaban J connectivity index is 1.64. The zero-order valence-electron chi connectivity index (χ0n) is 17.1. The van der Waals surface area contributed by atoms with E-state index < -0.39 is 6.09 Å². The van der Waals surface area contributed by atoms with Gasteiger partial charge in [-0.15, -0.1) is 0 Å². The summed E-state index contributed by atoms with van der Waals surface area (Å²) in [5.74, 6) is 0.783. The molecule has 0 spiro atoms. The topological polar surface area (TPSA) is 74.6 Å². The summed E-state index contributed by atoms with van der Waals surface area (Å²) in [6.07, 6.45) is 3.35. The summed E-state index contributed by atoms with van der Waals surface area (Å²) in [6.45, 7) is 1.93. The van der Waals surface area contributed by atoms with Gasteiger partial charge in [-0.3, -0.25) is 0 Å². The van der Waals surface area contributed by atoms with Crippen LogP contribution in [-0.2, 0) is 16.1 Å². The van der Waals surface area contributed by atoms with Crippen LogP contribution < -0.4 is 10.1 Å². The highest BCUT2D eigenvalue weighted by atomic mass is 79.9. The molecule has 162 valence electrons. The number of alkyl carbamates (subject to hydrolysis) is 1. The molecule has 4 bridgehead atoms. The van der Waals surface area contributed by atoms with Crippen LogP contribution in [0.25, 0.3) is 22.2 Å². The number of carbonyl (C=O) groups excluding carboxylic acids is 1. The number of nitrogens with one attached hydrogen (secondary N) is 1. The Kier molecular flexibility index (Phi) is 5.82. The van der Waals surface area contributed by atoms with E-state index in [0.29, 0.717) is 19.6 Å². The molecule has 8 heteroatoms. The van der Waals surface area contributed by atoms with Crippen molar-refractivity contribution in [2.24, 2.45) is 0 Å². The standard InChI is InChI=1S/C23H24BrN3O4/c24-17-11-15-10-16(12-17)22-19-13-18(29-9-3-7-25-23(28)31-14-15)5-6-20(19)27(26-22)21-4-1-2-8-30-21/h5-6,10-13,21H,1-4,7-9,14H2,(H,25,28). The van der Waals surface area contributed by atoms with Gasteiger partial charge in [0.2, 0.25) is 0 Å². The molecule has 1 saturated heterocycles. The van der Waals surface area contributed by atoms with Crippen LogP contribution >= 0.6 is 15.9 Å². The zero-order chi connectivity index (χ0) is 21.2. The number of aromatic nitrogens is 2. The highest BCUT2D eigenvalue weighted by Gasteiger charge is 2.22. The SMILES string of the molecule is O=C1NCCCOc2ccc3c(c2)c(nn3C2CCCCO2)-c2cc(Br)cc(c2)CO1. The van der Waals surface area contributed by atoms with E-state index in [1.807, 2.05) is 35.0 Å². The van der Waals surface area contributed by atoms with Crippen LogP contribution in [0.4, 0.5) is 4.79 Å². The molecule has 0 radical (unpaired) electrons. The maximum Gasteiger partial charge on any atom is 0.407 e. The minimum atomic E-state index is -0.432. The van der Waals surface area contributed by atoms with Gasteiger partial charge in [-0.05, 0) is 67.6 Å². The summed E-state index contributed by atoms with van der Waals surface area (Å²) in [7, 11) is 0. The molecule has 1 N–H and O–H groups in total. The van der Waals surface area contributed by atoms with Crippen LogP contribution in [0.15, 0.2) is 40.9 Å². The average molecular weight is 486 g/mol. The lowest BCUT2D eigenvalue weighted by molar-refractivity contribution is -0.0365. The van der Waals surface area contributed by atoms with Gasteiger partial charge in [0, 0.05) is 28.6 Å². The molecule has 0 saturated carbocycles. The van der Waals surface area contributed by atoms with Gasteiger partial charge in [0.25, 0.3) is 0 Å². The number of cyclic esters (lactones) is 1. The molecule has 31 heavy (non-hydrogen) atoms. The van der Waals surface area contributed by atoms with E-state index in [1.54, 1.807) is 0 Å². The Hall–Kier alpha value is -2.58. The molecule has 7 nitrogen and oxygen atoms in total. The fourth-order valence-electron chi connectivity index (χ4n) is 4.08. The highest BCUT2D eigenvalue weighted by Crippen LogP contribution is 2.36. The third-order valence-corrected chi connectivity index (χ3v) is 6.02. The highest BCUT2D eigenvalue weighted by molar-refractivity contribution is 9.10. The van der Waals surface area contributed by atoms with E-state index in [4.69, 9.17) is 19.3 Å². The second kappa shape index (κ2) is 8.88. The van der Waals surface area contributed by atoms with Crippen LogP contribution in [0.3, 0.4) is 0 Å². The molecule has 1 unspecified atom stereocenters. The van der Waals surface area contributed by atoms with E-state index in [2.05, 4.69) is 27.3 Å². The average Bonchev–Trinajstić information content (AvgIpc) is 3.16. The Labute approximate surface area is 188 Å². The van der Waals surface area contributed by atoms with Crippen molar-refractivity contribution in [3.05, 3.63) is 46.4 Å². The van der Waals surface area contributed by atoms with Crippen LogP contribution in [-0.4, -0.2) is 35.6 Å². The first-order chi connectivity index (χ1) is 15.2. The van der Waals surface area contributed by atoms with Crippen molar-refractivity contribution in [1.29, 1.82) is 0 Å². The molecule has 1 atom stereocenters. The molecule has 2 aliphatic heterocycles. The minimum absolute atomic E-state index is 0.0685. The second-order valence-electron chi connectivity index (χ2n) is 7.85. The maximum atomic E-state index is 12.0.